The summed E-state index contributed by atoms with van der Waals surface area (Å²) in [6, 6.07) is 0. The van der Waals surface area contributed by atoms with Crippen molar-refractivity contribution in [3.63, 3.8) is 0 Å². The fourth-order valence-corrected chi connectivity index (χ4v) is 0. The molecule has 0 unspecified atom stereocenters. The van der Waals surface area contributed by atoms with Crippen LogP contribution < -0.4 is 0 Å². The van der Waals surface area contributed by atoms with E-state index in [2.05, 4.69) is 6.92 Å². The summed E-state index contributed by atoms with van der Waals surface area (Å²) in [5.74, 6) is 0. The molecular weight excluding hydrogens is 190 g/mol. The van der Waals surface area contributed by atoms with Crippen LogP contribution in [0.3, 0.4) is 0 Å². The molecule has 0 aliphatic rings. The van der Waals surface area contributed by atoms with Crippen molar-refractivity contribution in [2.24, 2.45) is 0 Å². The Labute approximate surface area is 62.6 Å². The minimum atomic E-state index is -1.92. The van der Waals surface area contributed by atoms with Crippen molar-refractivity contribution in [2.75, 3.05) is 0 Å². The summed E-state index contributed by atoms with van der Waals surface area (Å²) in [7, 11) is 14.9. The number of halogens is 3. The topological polar surface area (TPSA) is 0 Å². The molecule has 0 N–H and O–H groups in total. The molecule has 0 saturated heterocycles. The molecule has 0 aliphatic carbocycles. The molecule has 0 aromatic carbocycles. The monoisotopic (exact) mass is 196 g/mol. The summed E-state index contributed by atoms with van der Waals surface area (Å²) in [6.07, 6.45) is 1.00. The summed E-state index contributed by atoms with van der Waals surface area (Å²) in [5, 5.41) is 0. The number of hydrogen-bond acceptors (Lipinski definition) is 0. The number of rotatable bonds is 0. The molecule has 0 heterocycles. The van der Waals surface area contributed by atoms with Gasteiger partial charge in [0.25, 0.3) is 0 Å². The van der Waals surface area contributed by atoms with E-state index >= 15 is 0 Å². The van der Waals surface area contributed by atoms with E-state index in [4.69, 9.17) is 27.9 Å². The van der Waals surface area contributed by atoms with E-state index in [9.17, 15) is 0 Å². The molecule has 0 radical (unpaired) electrons. The Morgan fingerprint density at radius 1 is 1.43 bits per heavy atom. The first-order chi connectivity index (χ1) is 3.15. The first-order valence-electron chi connectivity index (χ1n) is 1.77. The Bertz CT molecular complexity index is 21.4. The molecule has 7 heavy (non-hydrogen) atoms. The third-order valence-corrected chi connectivity index (χ3v) is 0. The van der Waals surface area contributed by atoms with Crippen molar-refractivity contribution < 1.29 is 14.7 Å². The van der Waals surface area contributed by atoms with Gasteiger partial charge in [-0.25, -0.2) is 0 Å². The maximum atomic E-state index is 4.97. The molecule has 0 aromatic heterocycles. The summed E-state index contributed by atoms with van der Waals surface area (Å²) < 4.78 is 0. The van der Waals surface area contributed by atoms with Gasteiger partial charge in [0.15, 0.2) is 0 Å². The molecule has 0 bridgehead atoms. The van der Waals surface area contributed by atoms with Crippen LogP contribution in [0.4, 0.5) is 0 Å². The second kappa shape index (κ2) is 10.5. The van der Waals surface area contributed by atoms with Crippen molar-refractivity contribution in [3.05, 3.63) is 6.92 Å². The van der Waals surface area contributed by atoms with Crippen LogP contribution in [0.15, 0.2) is 0 Å². The summed E-state index contributed by atoms with van der Waals surface area (Å²) in [4.78, 5) is 0. The van der Waals surface area contributed by atoms with E-state index in [0.29, 0.717) is 0 Å². The van der Waals surface area contributed by atoms with Crippen LogP contribution in [-0.2, 0) is 14.7 Å². The van der Waals surface area contributed by atoms with Crippen LogP contribution >= 0.6 is 27.9 Å². The van der Waals surface area contributed by atoms with Crippen LogP contribution in [0, 0.1) is 6.92 Å². The van der Waals surface area contributed by atoms with E-state index in [1.165, 1.54) is 0 Å². The Kier molecular flexibility index (Phi) is 17.2. The normalized spacial score (nSPS) is 6.43. The molecular formula is C3H7Cl3Ti. The summed E-state index contributed by atoms with van der Waals surface area (Å²) >= 11 is -1.92. The van der Waals surface area contributed by atoms with Crippen LogP contribution in [-0.4, -0.2) is 0 Å². The van der Waals surface area contributed by atoms with Crippen LogP contribution in [0.5, 0.6) is 0 Å². The molecule has 44 valence electrons. The van der Waals surface area contributed by atoms with Crippen LogP contribution in [0.1, 0.15) is 13.3 Å². The summed E-state index contributed by atoms with van der Waals surface area (Å²) in [6.45, 7) is 5.50. The molecule has 0 nitrogen and oxygen atoms in total. The average Bonchev–Trinajstić information content (AvgIpc) is 1.33. The van der Waals surface area contributed by atoms with Crippen molar-refractivity contribution in [2.45, 2.75) is 13.3 Å². The number of hydrogen-bond donors (Lipinski definition) is 0. The molecule has 0 fully saturated rings. The quantitative estimate of drug-likeness (QED) is 0.413. The molecule has 0 saturated carbocycles. The predicted molar refractivity (Wildman–Crippen MR) is 33.2 cm³/mol. The first-order valence-corrected chi connectivity index (χ1v) is 8.22. The Morgan fingerprint density at radius 3 is 1.43 bits per heavy atom. The van der Waals surface area contributed by atoms with Gasteiger partial charge in [0.05, 0.1) is 0 Å². The van der Waals surface area contributed by atoms with Gasteiger partial charge in [0, 0.05) is 0 Å². The van der Waals surface area contributed by atoms with E-state index in [0.717, 1.165) is 6.42 Å². The second-order valence-electron chi connectivity index (χ2n) is 0.714. The van der Waals surface area contributed by atoms with Gasteiger partial charge in [-0.05, 0) is 0 Å². The Morgan fingerprint density at radius 2 is 1.43 bits per heavy atom. The molecule has 0 spiro atoms. The maximum absolute atomic E-state index is 4.97. The minimum absolute atomic E-state index is 1.00. The van der Waals surface area contributed by atoms with Gasteiger partial charge in [-0.2, -0.15) is 6.42 Å². The van der Waals surface area contributed by atoms with Crippen molar-refractivity contribution in [1.82, 2.24) is 0 Å². The van der Waals surface area contributed by atoms with Gasteiger partial charge >= 0.3 is 42.6 Å². The third-order valence-electron chi connectivity index (χ3n) is 0. The molecule has 0 amide bonds. The zero-order chi connectivity index (χ0) is 6.28. The average molecular weight is 197 g/mol. The predicted octanol–water partition coefficient (Wildman–Crippen LogP) is 3.30. The SMILES string of the molecule is [CH2-]CC.[Cl][Ti+]([Cl])[Cl]. The van der Waals surface area contributed by atoms with Crippen LogP contribution in [0.25, 0.3) is 0 Å². The van der Waals surface area contributed by atoms with Gasteiger partial charge < -0.3 is 6.92 Å². The zero-order valence-corrected chi connectivity index (χ0v) is 7.88. The third kappa shape index (κ3) is 94.2. The van der Waals surface area contributed by atoms with Crippen molar-refractivity contribution >= 4 is 27.9 Å². The standard InChI is InChI=1S/C3H7.3ClH.Ti/c1-3-2;;;;/h1,3H2,2H3;3*1H;/q-1;;;;+4/p-3. The van der Waals surface area contributed by atoms with Gasteiger partial charge in [-0.3, -0.25) is 0 Å². The fourth-order valence-electron chi connectivity index (χ4n) is 0. The van der Waals surface area contributed by atoms with Crippen LogP contribution in [0.2, 0.25) is 0 Å². The van der Waals surface area contributed by atoms with Crippen molar-refractivity contribution in [3.8, 4) is 0 Å². The molecule has 4 heteroatoms. The second-order valence-corrected chi connectivity index (χ2v) is 8.45. The van der Waals surface area contributed by atoms with Gasteiger partial charge in [0.2, 0.25) is 0 Å². The van der Waals surface area contributed by atoms with E-state index in [-0.39, 0.29) is 0 Å². The summed E-state index contributed by atoms with van der Waals surface area (Å²) in [5.41, 5.74) is 0. The fraction of sp³-hybridized carbons (Fsp3) is 0.667. The molecule has 0 rings (SSSR count). The Hall–Kier alpha value is 1.58. The zero-order valence-electron chi connectivity index (χ0n) is 4.05. The molecule has 0 atom stereocenters. The Balaban J connectivity index is 0. The van der Waals surface area contributed by atoms with E-state index < -0.39 is 14.7 Å². The van der Waals surface area contributed by atoms with E-state index in [1.54, 1.807) is 0 Å². The van der Waals surface area contributed by atoms with Gasteiger partial charge in [0.1, 0.15) is 0 Å². The first kappa shape index (κ1) is 11.4. The van der Waals surface area contributed by atoms with Gasteiger partial charge in [-0.15, -0.1) is 0 Å². The van der Waals surface area contributed by atoms with E-state index in [1.807, 2.05) is 6.92 Å². The van der Waals surface area contributed by atoms with Crippen molar-refractivity contribution in [1.29, 1.82) is 0 Å². The molecule has 0 aromatic rings. The molecule has 0 aliphatic heterocycles. The van der Waals surface area contributed by atoms with Gasteiger partial charge in [-0.1, -0.05) is 6.92 Å².